The van der Waals surface area contributed by atoms with E-state index in [1.165, 1.54) is 16.7 Å². The van der Waals surface area contributed by atoms with E-state index in [2.05, 4.69) is 79.7 Å². The van der Waals surface area contributed by atoms with E-state index < -0.39 is 0 Å². The molecule has 2 unspecified atom stereocenters. The van der Waals surface area contributed by atoms with Gasteiger partial charge in [0.25, 0.3) is 0 Å². The third kappa shape index (κ3) is 6.92. The highest BCUT2D eigenvalue weighted by atomic mass is 31.1. The van der Waals surface area contributed by atoms with Crippen LogP contribution in [0.5, 0.6) is 5.75 Å². The zero-order valence-electron chi connectivity index (χ0n) is 23.0. The third-order valence-electron chi connectivity index (χ3n) is 6.45. The number of ether oxygens (including phenoxy) is 2. The number of benzene rings is 2. The summed E-state index contributed by atoms with van der Waals surface area (Å²) < 4.78 is 11.7. The number of methoxy groups -OCH3 is 1. The van der Waals surface area contributed by atoms with Crippen molar-refractivity contribution in [1.29, 1.82) is 0 Å². The Labute approximate surface area is 209 Å². The van der Waals surface area contributed by atoms with Gasteiger partial charge in [-0.05, 0) is 41.1 Å². The van der Waals surface area contributed by atoms with Crippen molar-refractivity contribution in [2.45, 2.75) is 97.6 Å². The molecule has 0 heterocycles. The molecule has 188 valence electrons. The minimum absolute atomic E-state index is 0.00112. The van der Waals surface area contributed by atoms with E-state index in [9.17, 15) is 4.79 Å². The molecule has 0 spiro atoms. The van der Waals surface area contributed by atoms with Gasteiger partial charge in [0, 0.05) is 29.0 Å². The smallest absolute Gasteiger partial charge is 0.188 e. The van der Waals surface area contributed by atoms with E-state index in [1.54, 1.807) is 7.11 Å². The maximum absolute atomic E-state index is 12.0. The Balaban J connectivity index is 2.86. The molecule has 3 nitrogen and oxygen atoms in total. The lowest BCUT2D eigenvalue weighted by molar-refractivity contribution is 0.0486. The number of hydrogen-bond acceptors (Lipinski definition) is 3. The SMILES string of the molecule is CCCCC(C)(Pc1ccc(C)cc1C=O)c1cc(C(C)(C)C)cc(C(C)(C)C)c1OCOC. The number of rotatable bonds is 10. The fraction of sp³-hybridized carbons (Fsp3) is 0.567. The highest BCUT2D eigenvalue weighted by Crippen LogP contribution is 2.52. The molecule has 0 bridgehead atoms. The molecule has 2 aromatic rings. The summed E-state index contributed by atoms with van der Waals surface area (Å²) in [6.45, 7) is 20.4. The Hall–Kier alpha value is -1.70. The van der Waals surface area contributed by atoms with Crippen LogP contribution in [0.2, 0.25) is 0 Å². The van der Waals surface area contributed by atoms with E-state index in [0.29, 0.717) is 8.58 Å². The maximum Gasteiger partial charge on any atom is 0.188 e. The van der Waals surface area contributed by atoms with Crippen molar-refractivity contribution in [2.24, 2.45) is 0 Å². The molecule has 34 heavy (non-hydrogen) atoms. The molecule has 0 aliphatic carbocycles. The third-order valence-corrected chi connectivity index (χ3v) is 8.25. The number of carbonyl (C=O) groups excluding carboxylic acids is 1. The molecule has 0 aromatic heterocycles. The molecule has 0 fully saturated rings. The zero-order chi connectivity index (χ0) is 25.7. The quantitative estimate of drug-likeness (QED) is 0.196. The topological polar surface area (TPSA) is 35.5 Å². The van der Waals surface area contributed by atoms with E-state index in [0.717, 1.165) is 47.7 Å². The molecule has 2 rings (SSSR count). The summed E-state index contributed by atoms with van der Waals surface area (Å²) in [5, 5.41) is 0.947. The molecule has 4 heteroatoms. The number of aryl methyl sites for hydroxylation is 1. The van der Waals surface area contributed by atoms with Gasteiger partial charge in [-0.15, -0.1) is 0 Å². The Morgan fingerprint density at radius 1 is 0.941 bits per heavy atom. The van der Waals surface area contributed by atoms with Crippen LogP contribution in [0.15, 0.2) is 30.3 Å². The minimum atomic E-state index is -0.173. The second kappa shape index (κ2) is 11.4. The van der Waals surface area contributed by atoms with Crippen molar-refractivity contribution in [2.75, 3.05) is 13.9 Å². The molecular weight excluding hydrogens is 439 g/mol. The Kier molecular flexibility index (Phi) is 9.53. The lowest BCUT2D eigenvalue weighted by Crippen LogP contribution is -2.26. The first-order valence-corrected chi connectivity index (χ1v) is 13.4. The normalized spacial score (nSPS) is 14.4. The molecule has 2 atom stereocenters. The van der Waals surface area contributed by atoms with Crippen molar-refractivity contribution in [3.8, 4) is 5.75 Å². The minimum Gasteiger partial charge on any atom is -0.467 e. The molecule has 0 radical (unpaired) electrons. The van der Waals surface area contributed by atoms with Crippen LogP contribution in [0.1, 0.15) is 107 Å². The average Bonchev–Trinajstić information content (AvgIpc) is 2.75. The van der Waals surface area contributed by atoms with Crippen LogP contribution in [0.25, 0.3) is 0 Å². The molecule has 0 aliphatic heterocycles. The highest BCUT2D eigenvalue weighted by Gasteiger charge is 2.35. The summed E-state index contributed by atoms with van der Waals surface area (Å²) in [6.07, 6.45) is 4.26. The molecule has 2 aromatic carbocycles. The standard InChI is InChI=1S/C30H45O3P/c1-11-12-15-30(9,34-26-14-13-21(2)16-22(26)19-31)25-18-23(28(3,4)5)17-24(29(6,7)8)27(25)33-20-32-10/h13-14,16-19,34H,11-12,15,20H2,1-10H3. The van der Waals surface area contributed by atoms with Crippen molar-refractivity contribution in [3.63, 3.8) is 0 Å². The van der Waals surface area contributed by atoms with Crippen LogP contribution in [0.3, 0.4) is 0 Å². The van der Waals surface area contributed by atoms with Gasteiger partial charge in [0.15, 0.2) is 13.1 Å². The Morgan fingerprint density at radius 3 is 2.12 bits per heavy atom. The van der Waals surface area contributed by atoms with Crippen molar-refractivity contribution in [1.82, 2.24) is 0 Å². The summed E-state index contributed by atoms with van der Waals surface area (Å²) in [6, 6.07) is 10.9. The maximum atomic E-state index is 12.0. The first-order valence-electron chi connectivity index (χ1n) is 12.4. The fourth-order valence-corrected chi connectivity index (χ4v) is 5.95. The van der Waals surface area contributed by atoms with Crippen LogP contribution in [0.4, 0.5) is 0 Å². The second-order valence-electron chi connectivity index (χ2n) is 11.7. The summed E-state index contributed by atoms with van der Waals surface area (Å²) in [5.74, 6) is 0.938. The highest BCUT2D eigenvalue weighted by molar-refractivity contribution is 7.48. The van der Waals surface area contributed by atoms with Gasteiger partial charge in [-0.3, -0.25) is 4.79 Å². The Morgan fingerprint density at radius 2 is 1.59 bits per heavy atom. The molecule has 0 aliphatic rings. The number of unbranched alkanes of at least 4 members (excludes halogenated alkanes) is 1. The molecule has 0 amide bonds. The van der Waals surface area contributed by atoms with Crippen molar-refractivity contribution in [3.05, 3.63) is 58.1 Å². The van der Waals surface area contributed by atoms with Crippen molar-refractivity contribution < 1.29 is 14.3 Å². The number of carbonyl (C=O) groups is 1. The van der Waals surface area contributed by atoms with E-state index in [4.69, 9.17) is 9.47 Å². The average molecular weight is 485 g/mol. The molecule has 0 saturated heterocycles. The summed E-state index contributed by atoms with van der Waals surface area (Å²) in [5.41, 5.74) is 5.56. The molecule has 0 saturated carbocycles. The molecule has 0 N–H and O–H groups in total. The van der Waals surface area contributed by atoms with Gasteiger partial charge in [0.1, 0.15) is 5.75 Å². The van der Waals surface area contributed by atoms with E-state index in [1.807, 2.05) is 13.0 Å². The van der Waals surface area contributed by atoms with Crippen molar-refractivity contribution >= 4 is 20.2 Å². The number of hydrogen-bond donors (Lipinski definition) is 0. The first-order chi connectivity index (χ1) is 15.8. The summed E-state index contributed by atoms with van der Waals surface area (Å²) in [7, 11) is 2.11. The van der Waals surface area contributed by atoms with Gasteiger partial charge in [-0.2, -0.15) is 0 Å². The van der Waals surface area contributed by atoms with E-state index in [-0.39, 0.29) is 22.8 Å². The van der Waals surface area contributed by atoms with E-state index >= 15 is 0 Å². The fourth-order valence-electron chi connectivity index (χ4n) is 4.29. The van der Waals surface area contributed by atoms with Crippen LogP contribution < -0.4 is 10.0 Å². The zero-order valence-corrected chi connectivity index (χ0v) is 24.0. The lowest BCUT2D eigenvalue weighted by Gasteiger charge is -2.37. The van der Waals surface area contributed by atoms with Gasteiger partial charge in [-0.25, -0.2) is 0 Å². The van der Waals surface area contributed by atoms with Crippen LogP contribution in [0, 0.1) is 6.92 Å². The monoisotopic (exact) mass is 484 g/mol. The summed E-state index contributed by atoms with van der Waals surface area (Å²) >= 11 is 0. The van der Waals surface area contributed by atoms with Gasteiger partial charge < -0.3 is 9.47 Å². The predicted molar refractivity (Wildman–Crippen MR) is 148 cm³/mol. The second-order valence-corrected chi connectivity index (χ2v) is 13.6. The summed E-state index contributed by atoms with van der Waals surface area (Å²) in [4.78, 5) is 12.0. The Bertz CT molecular complexity index is 982. The van der Waals surface area contributed by atoms with Crippen LogP contribution >= 0.6 is 8.58 Å². The van der Waals surface area contributed by atoms with Crippen LogP contribution in [-0.4, -0.2) is 20.2 Å². The lowest BCUT2D eigenvalue weighted by atomic mass is 9.76. The van der Waals surface area contributed by atoms with Gasteiger partial charge >= 0.3 is 0 Å². The van der Waals surface area contributed by atoms with Crippen LogP contribution in [-0.2, 0) is 20.7 Å². The number of aldehydes is 1. The predicted octanol–water partition coefficient (Wildman–Crippen LogP) is 7.79. The first kappa shape index (κ1) is 28.5. The largest absolute Gasteiger partial charge is 0.467 e. The van der Waals surface area contributed by atoms with Gasteiger partial charge in [-0.1, -0.05) is 107 Å². The van der Waals surface area contributed by atoms with Gasteiger partial charge in [0.2, 0.25) is 0 Å². The van der Waals surface area contributed by atoms with Gasteiger partial charge in [0.05, 0.1) is 0 Å². The molecular formula is C30H45O3P.